The number of nitrogens with zero attached hydrogens (tertiary/aromatic N) is 1. The van der Waals surface area contributed by atoms with E-state index in [0.717, 1.165) is 28.4 Å². The van der Waals surface area contributed by atoms with Crippen LogP contribution in [0.4, 0.5) is 5.69 Å². The second-order valence-electron chi connectivity index (χ2n) is 9.25. The van der Waals surface area contributed by atoms with Gasteiger partial charge in [0.15, 0.2) is 11.9 Å². The van der Waals surface area contributed by atoms with E-state index in [1.54, 1.807) is 30.3 Å². The maximum absolute atomic E-state index is 13.7. The Morgan fingerprint density at radius 3 is 1.98 bits per heavy atom. The minimum Gasteiger partial charge on any atom is -0.454 e. The van der Waals surface area contributed by atoms with Gasteiger partial charge in [-0.25, -0.2) is 13.2 Å². The Morgan fingerprint density at radius 2 is 1.44 bits per heavy atom. The van der Waals surface area contributed by atoms with Crippen LogP contribution in [0.3, 0.4) is 0 Å². The van der Waals surface area contributed by atoms with Crippen LogP contribution in [-0.4, -0.2) is 39.6 Å². The van der Waals surface area contributed by atoms with Gasteiger partial charge in [-0.2, -0.15) is 0 Å². The first-order valence-corrected chi connectivity index (χ1v) is 14.8. The summed E-state index contributed by atoms with van der Waals surface area (Å²) in [6.07, 6.45) is 1.03. The van der Waals surface area contributed by atoms with Crippen molar-refractivity contribution in [1.29, 1.82) is 0 Å². The fourth-order valence-electron chi connectivity index (χ4n) is 4.15. The lowest BCUT2D eigenvalue weighted by Gasteiger charge is -2.22. The van der Waals surface area contributed by atoms with Crippen molar-refractivity contribution in [3.63, 3.8) is 0 Å². The molecule has 0 bridgehead atoms. The van der Waals surface area contributed by atoms with Gasteiger partial charge in [-0.15, -0.1) is 0 Å². The van der Waals surface area contributed by atoms with Gasteiger partial charge in [0, 0.05) is 13.6 Å². The highest BCUT2D eigenvalue weighted by Gasteiger charge is 2.31. The zero-order valence-electron chi connectivity index (χ0n) is 23.3. The average Bonchev–Trinajstić information content (AvgIpc) is 3.01. The first kappa shape index (κ1) is 29.8. The highest BCUT2D eigenvalue weighted by Crippen LogP contribution is 2.39. The second-order valence-corrected chi connectivity index (χ2v) is 11.2. The van der Waals surface area contributed by atoms with Crippen LogP contribution in [0.5, 0.6) is 11.5 Å². The third kappa shape index (κ3) is 7.32. The van der Waals surface area contributed by atoms with Crippen LogP contribution in [-0.2, 0) is 19.6 Å². The van der Waals surface area contributed by atoms with Crippen molar-refractivity contribution >= 4 is 21.7 Å². The second kappa shape index (κ2) is 13.9. The van der Waals surface area contributed by atoms with E-state index in [9.17, 15) is 13.2 Å². The standard InChI is InChI=1S/C32H34N2O6S/c1-4-5-21-33-28-22-26(32(35)40-30(24-15-9-6-10-16-24)25-17-11-7-12-18-25)23-29(41(36,37)34(2)38-3)31(28)39-27-19-13-8-14-20-27/h6-20,22-23,30,33H,4-5,21H2,1-3H3. The van der Waals surface area contributed by atoms with Crippen molar-refractivity contribution in [3.8, 4) is 11.5 Å². The van der Waals surface area contributed by atoms with Gasteiger partial charge < -0.3 is 14.8 Å². The van der Waals surface area contributed by atoms with Crippen molar-refractivity contribution in [2.45, 2.75) is 30.8 Å². The number of hydrogen-bond acceptors (Lipinski definition) is 7. The minimum absolute atomic E-state index is 0.0457. The lowest BCUT2D eigenvalue weighted by molar-refractivity contribution is -0.0259. The summed E-state index contributed by atoms with van der Waals surface area (Å²) < 4.78 is 40.2. The first-order chi connectivity index (χ1) is 19.8. The van der Waals surface area contributed by atoms with Crippen molar-refractivity contribution in [1.82, 2.24) is 4.47 Å². The minimum atomic E-state index is -4.24. The molecule has 0 aliphatic heterocycles. The Labute approximate surface area is 241 Å². The molecule has 0 fully saturated rings. The molecular formula is C32H34N2O6S. The van der Waals surface area contributed by atoms with Crippen LogP contribution >= 0.6 is 0 Å². The molecule has 0 unspecified atom stereocenters. The zero-order chi connectivity index (χ0) is 29.2. The molecule has 0 radical (unpaired) electrons. The SMILES string of the molecule is CCCCNc1cc(C(=O)OC(c2ccccc2)c2ccccc2)cc(S(=O)(=O)N(C)OC)c1Oc1ccccc1. The van der Waals surface area contributed by atoms with Gasteiger partial charge in [0.25, 0.3) is 10.0 Å². The number of para-hydroxylation sites is 1. The highest BCUT2D eigenvalue weighted by atomic mass is 32.2. The zero-order valence-corrected chi connectivity index (χ0v) is 24.1. The Balaban J connectivity index is 1.83. The summed E-state index contributed by atoms with van der Waals surface area (Å²) in [4.78, 5) is 18.5. The Morgan fingerprint density at radius 1 is 0.878 bits per heavy atom. The molecule has 214 valence electrons. The van der Waals surface area contributed by atoms with Crippen molar-refractivity contribution in [3.05, 3.63) is 120 Å². The van der Waals surface area contributed by atoms with E-state index < -0.39 is 22.1 Å². The molecular weight excluding hydrogens is 540 g/mol. The Bertz CT molecular complexity index is 1490. The number of carbonyl (C=O) groups excluding carboxylic acids is 1. The van der Waals surface area contributed by atoms with Crippen LogP contribution in [0, 0.1) is 0 Å². The number of benzene rings is 4. The van der Waals surface area contributed by atoms with Crippen LogP contribution in [0.1, 0.15) is 47.4 Å². The van der Waals surface area contributed by atoms with Gasteiger partial charge in [-0.05, 0) is 41.8 Å². The number of anilines is 1. The number of sulfonamides is 1. The van der Waals surface area contributed by atoms with Gasteiger partial charge in [-0.1, -0.05) is 96.7 Å². The summed E-state index contributed by atoms with van der Waals surface area (Å²) >= 11 is 0. The number of rotatable bonds is 13. The van der Waals surface area contributed by atoms with Crippen LogP contribution in [0.15, 0.2) is 108 Å². The Kier molecular flexibility index (Phi) is 10.1. The van der Waals surface area contributed by atoms with Crippen LogP contribution in [0.2, 0.25) is 0 Å². The normalized spacial score (nSPS) is 11.4. The van der Waals surface area contributed by atoms with E-state index >= 15 is 0 Å². The van der Waals surface area contributed by atoms with Gasteiger partial charge in [0.1, 0.15) is 10.6 Å². The molecule has 0 aromatic heterocycles. The van der Waals surface area contributed by atoms with Crippen molar-refractivity contribution < 1.29 is 27.5 Å². The average molecular weight is 575 g/mol. The van der Waals surface area contributed by atoms with E-state index in [4.69, 9.17) is 14.3 Å². The molecule has 4 aromatic carbocycles. The molecule has 0 spiro atoms. The molecule has 1 N–H and O–H groups in total. The van der Waals surface area contributed by atoms with Gasteiger partial charge >= 0.3 is 5.97 Å². The third-order valence-electron chi connectivity index (χ3n) is 6.40. The fourth-order valence-corrected chi connectivity index (χ4v) is 5.29. The van der Waals surface area contributed by atoms with E-state index in [2.05, 4.69) is 5.32 Å². The molecule has 9 heteroatoms. The molecule has 0 aliphatic rings. The number of carbonyl (C=O) groups is 1. The molecule has 0 atom stereocenters. The molecule has 4 aromatic rings. The summed E-state index contributed by atoms with van der Waals surface area (Å²) in [5.74, 6) is -0.203. The van der Waals surface area contributed by atoms with E-state index in [-0.39, 0.29) is 16.2 Å². The number of esters is 1. The maximum atomic E-state index is 13.7. The quantitative estimate of drug-likeness (QED) is 0.106. The van der Waals surface area contributed by atoms with Crippen molar-refractivity contribution in [2.24, 2.45) is 0 Å². The molecule has 0 heterocycles. The van der Waals surface area contributed by atoms with Gasteiger partial charge in [0.2, 0.25) is 0 Å². The number of hydroxylamine groups is 1. The van der Waals surface area contributed by atoms with Crippen molar-refractivity contribution in [2.75, 3.05) is 26.0 Å². The molecule has 4 rings (SSSR count). The monoisotopic (exact) mass is 574 g/mol. The lowest BCUT2D eigenvalue weighted by atomic mass is 10.0. The first-order valence-electron chi connectivity index (χ1n) is 13.3. The van der Waals surface area contributed by atoms with E-state index in [0.29, 0.717) is 18.0 Å². The molecule has 8 nitrogen and oxygen atoms in total. The summed E-state index contributed by atoms with van der Waals surface area (Å²) in [5.41, 5.74) is 1.95. The molecule has 0 aliphatic carbocycles. The summed E-state index contributed by atoms with van der Waals surface area (Å²) in [5, 5.41) is 3.26. The number of unbranched alkanes of at least 4 members (excludes halogenated alkanes) is 1. The highest BCUT2D eigenvalue weighted by molar-refractivity contribution is 7.89. The van der Waals surface area contributed by atoms with Gasteiger partial charge in [0.05, 0.1) is 18.4 Å². The summed E-state index contributed by atoms with van der Waals surface area (Å²) in [6.45, 7) is 2.59. The predicted molar refractivity (Wildman–Crippen MR) is 158 cm³/mol. The predicted octanol–water partition coefficient (Wildman–Crippen LogP) is 6.82. The molecule has 0 saturated carbocycles. The third-order valence-corrected chi connectivity index (χ3v) is 8.09. The number of nitrogens with one attached hydrogen (secondary N) is 1. The maximum Gasteiger partial charge on any atom is 0.339 e. The molecule has 0 amide bonds. The Hall–Kier alpha value is -4.18. The smallest absolute Gasteiger partial charge is 0.339 e. The largest absolute Gasteiger partial charge is 0.454 e. The lowest BCUT2D eigenvalue weighted by Crippen LogP contribution is -2.27. The van der Waals surface area contributed by atoms with E-state index in [1.807, 2.05) is 73.7 Å². The van der Waals surface area contributed by atoms with Crippen LogP contribution < -0.4 is 10.1 Å². The van der Waals surface area contributed by atoms with Gasteiger partial charge in [-0.3, -0.25) is 4.84 Å². The molecule has 0 saturated heterocycles. The molecule has 41 heavy (non-hydrogen) atoms. The van der Waals surface area contributed by atoms with Crippen LogP contribution in [0.25, 0.3) is 0 Å². The summed E-state index contributed by atoms with van der Waals surface area (Å²) in [6, 6.07) is 30.4. The number of hydrogen-bond donors (Lipinski definition) is 1. The van der Waals surface area contributed by atoms with E-state index in [1.165, 1.54) is 20.2 Å². The number of ether oxygens (including phenoxy) is 2. The fraction of sp³-hybridized carbons (Fsp3) is 0.219. The topological polar surface area (TPSA) is 94.2 Å². The summed E-state index contributed by atoms with van der Waals surface area (Å²) in [7, 11) is -1.72.